The van der Waals surface area contributed by atoms with Gasteiger partial charge >= 0.3 is 0 Å². The van der Waals surface area contributed by atoms with Crippen LogP contribution in [0.3, 0.4) is 0 Å². The Balaban J connectivity index is 2.29. The van der Waals surface area contributed by atoms with E-state index >= 15 is 0 Å². The predicted molar refractivity (Wildman–Crippen MR) is 50.1 cm³/mol. The molecule has 12 heavy (non-hydrogen) atoms. The third-order valence-corrected chi connectivity index (χ3v) is 3.62. The highest BCUT2D eigenvalue weighted by atomic mass is 32.1. The van der Waals surface area contributed by atoms with Crippen molar-refractivity contribution in [2.24, 2.45) is 11.7 Å². The second kappa shape index (κ2) is 3.17. The van der Waals surface area contributed by atoms with Gasteiger partial charge in [-0.1, -0.05) is 0 Å². The minimum atomic E-state index is 0.0602. The van der Waals surface area contributed by atoms with Crippen molar-refractivity contribution in [1.29, 1.82) is 0 Å². The average Bonchev–Trinajstić information content (AvgIpc) is 2.53. The summed E-state index contributed by atoms with van der Waals surface area (Å²) in [5, 5.41) is 11.1. The fraction of sp³-hybridized carbons (Fsp3) is 0.556. The average molecular weight is 183 g/mol. The topological polar surface area (TPSA) is 46.2 Å². The van der Waals surface area contributed by atoms with Gasteiger partial charge in [0.25, 0.3) is 0 Å². The molecule has 2 unspecified atom stereocenters. The Morgan fingerprint density at radius 3 is 3.25 bits per heavy atom. The van der Waals surface area contributed by atoms with Crippen LogP contribution in [0, 0.1) is 5.92 Å². The monoisotopic (exact) mass is 183 g/mol. The minimum Gasteiger partial charge on any atom is -0.396 e. The fourth-order valence-corrected chi connectivity index (χ4v) is 2.76. The van der Waals surface area contributed by atoms with Gasteiger partial charge in [0.15, 0.2) is 0 Å². The summed E-state index contributed by atoms with van der Waals surface area (Å²) in [7, 11) is 0. The SMILES string of the molecule is NC1c2ccsc2CCC1CO. The third kappa shape index (κ3) is 1.18. The molecule has 0 radical (unpaired) electrons. The Hall–Kier alpha value is -0.380. The molecule has 1 heterocycles. The molecule has 0 amide bonds. The molecular weight excluding hydrogens is 170 g/mol. The highest BCUT2D eigenvalue weighted by molar-refractivity contribution is 7.10. The number of nitrogens with two attached hydrogens (primary N) is 1. The van der Waals surface area contributed by atoms with Crippen LogP contribution >= 0.6 is 11.3 Å². The van der Waals surface area contributed by atoms with Crippen LogP contribution in [-0.2, 0) is 6.42 Å². The fourth-order valence-electron chi connectivity index (χ4n) is 1.81. The van der Waals surface area contributed by atoms with Crippen LogP contribution in [0.4, 0.5) is 0 Å². The summed E-state index contributed by atoms with van der Waals surface area (Å²) in [5.74, 6) is 0.270. The molecule has 0 saturated carbocycles. The van der Waals surface area contributed by atoms with Crippen molar-refractivity contribution < 1.29 is 5.11 Å². The van der Waals surface area contributed by atoms with Crippen molar-refractivity contribution in [2.45, 2.75) is 18.9 Å². The number of aryl methyl sites for hydroxylation is 1. The molecule has 0 saturated heterocycles. The summed E-state index contributed by atoms with van der Waals surface area (Å²) < 4.78 is 0. The predicted octanol–water partition coefficient (Wildman–Crippen LogP) is 1.30. The van der Waals surface area contributed by atoms with E-state index in [0.717, 1.165) is 12.8 Å². The molecular formula is C9H13NOS. The van der Waals surface area contributed by atoms with Crippen LogP contribution in [0.5, 0.6) is 0 Å². The van der Waals surface area contributed by atoms with Crippen molar-refractivity contribution >= 4 is 11.3 Å². The molecule has 0 bridgehead atoms. The summed E-state index contributed by atoms with van der Waals surface area (Å²) in [6.45, 7) is 0.219. The summed E-state index contributed by atoms with van der Waals surface area (Å²) in [6, 6.07) is 2.15. The van der Waals surface area contributed by atoms with E-state index in [9.17, 15) is 0 Å². The number of hydrogen-bond donors (Lipinski definition) is 2. The van der Waals surface area contributed by atoms with Crippen LogP contribution < -0.4 is 5.73 Å². The normalized spacial score (nSPS) is 28.5. The Morgan fingerprint density at radius 1 is 1.67 bits per heavy atom. The summed E-state index contributed by atoms with van der Waals surface area (Å²) in [6.07, 6.45) is 2.12. The summed E-state index contributed by atoms with van der Waals surface area (Å²) in [4.78, 5) is 1.41. The molecule has 3 heteroatoms. The maximum absolute atomic E-state index is 9.05. The maximum atomic E-state index is 9.05. The van der Waals surface area contributed by atoms with Crippen LogP contribution in [0.25, 0.3) is 0 Å². The molecule has 1 aliphatic rings. The molecule has 1 aliphatic carbocycles. The lowest BCUT2D eigenvalue weighted by atomic mass is 9.85. The number of rotatable bonds is 1. The zero-order chi connectivity index (χ0) is 8.55. The molecule has 0 aliphatic heterocycles. The molecule has 2 nitrogen and oxygen atoms in total. The van der Waals surface area contributed by atoms with Gasteiger partial charge in [-0.15, -0.1) is 11.3 Å². The Labute approximate surface area is 76.0 Å². The van der Waals surface area contributed by atoms with E-state index in [2.05, 4.69) is 11.4 Å². The standard InChI is InChI=1S/C9H13NOS/c10-9-6(5-11)1-2-8-7(9)3-4-12-8/h3-4,6,9,11H,1-2,5,10H2. The summed E-state index contributed by atoms with van der Waals surface area (Å²) >= 11 is 1.78. The first-order valence-corrected chi connectivity index (χ1v) is 5.13. The first-order chi connectivity index (χ1) is 5.83. The maximum Gasteiger partial charge on any atom is 0.0477 e. The second-order valence-electron chi connectivity index (χ2n) is 3.31. The van der Waals surface area contributed by atoms with Crippen LogP contribution in [0.15, 0.2) is 11.4 Å². The Bertz CT molecular complexity index is 271. The molecule has 0 spiro atoms. The lowest BCUT2D eigenvalue weighted by Gasteiger charge is -2.27. The molecule has 2 atom stereocenters. The van der Waals surface area contributed by atoms with Gasteiger partial charge in [-0.3, -0.25) is 0 Å². The molecule has 66 valence electrons. The number of fused-ring (bicyclic) bond motifs is 1. The van der Waals surface area contributed by atoms with Gasteiger partial charge in [-0.2, -0.15) is 0 Å². The van der Waals surface area contributed by atoms with Crippen molar-refractivity contribution in [1.82, 2.24) is 0 Å². The molecule has 1 aromatic heterocycles. The van der Waals surface area contributed by atoms with Gasteiger partial charge in [-0.05, 0) is 29.9 Å². The number of aliphatic hydroxyl groups is 1. The molecule has 1 aromatic rings. The van der Waals surface area contributed by atoms with E-state index in [0.29, 0.717) is 0 Å². The van der Waals surface area contributed by atoms with Gasteiger partial charge in [0.2, 0.25) is 0 Å². The molecule has 0 fully saturated rings. The smallest absolute Gasteiger partial charge is 0.0477 e. The van der Waals surface area contributed by atoms with Crippen molar-refractivity contribution in [3.63, 3.8) is 0 Å². The van der Waals surface area contributed by atoms with Crippen LogP contribution in [0.2, 0.25) is 0 Å². The van der Waals surface area contributed by atoms with Crippen molar-refractivity contribution in [3.05, 3.63) is 21.9 Å². The zero-order valence-corrected chi connectivity index (χ0v) is 7.68. The zero-order valence-electron chi connectivity index (χ0n) is 6.86. The molecule has 0 aromatic carbocycles. The highest BCUT2D eigenvalue weighted by Crippen LogP contribution is 2.35. The van der Waals surface area contributed by atoms with Crippen molar-refractivity contribution in [2.75, 3.05) is 6.61 Å². The molecule has 3 N–H and O–H groups in total. The third-order valence-electron chi connectivity index (χ3n) is 2.62. The van der Waals surface area contributed by atoms with Gasteiger partial charge in [0.05, 0.1) is 0 Å². The largest absolute Gasteiger partial charge is 0.396 e. The number of thiophene rings is 1. The minimum absolute atomic E-state index is 0.0602. The first kappa shape index (κ1) is 8.23. The van der Waals surface area contributed by atoms with Crippen LogP contribution in [0.1, 0.15) is 22.9 Å². The Morgan fingerprint density at radius 2 is 2.50 bits per heavy atom. The van der Waals surface area contributed by atoms with E-state index in [1.54, 1.807) is 11.3 Å². The van der Waals surface area contributed by atoms with Gasteiger partial charge < -0.3 is 10.8 Å². The molecule has 2 rings (SSSR count). The van der Waals surface area contributed by atoms with Crippen LogP contribution in [-0.4, -0.2) is 11.7 Å². The van der Waals surface area contributed by atoms with E-state index in [4.69, 9.17) is 10.8 Å². The van der Waals surface area contributed by atoms with E-state index in [-0.39, 0.29) is 18.6 Å². The van der Waals surface area contributed by atoms with Gasteiger partial charge in [0.1, 0.15) is 0 Å². The quantitative estimate of drug-likeness (QED) is 0.689. The number of hydrogen-bond acceptors (Lipinski definition) is 3. The Kier molecular flexibility index (Phi) is 2.17. The second-order valence-corrected chi connectivity index (χ2v) is 4.31. The van der Waals surface area contributed by atoms with E-state index in [1.165, 1.54) is 10.4 Å². The highest BCUT2D eigenvalue weighted by Gasteiger charge is 2.26. The van der Waals surface area contributed by atoms with Gasteiger partial charge in [0, 0.05) is 23.4 Å². The first-order valence-electron chi connectivity index (χ1n) is 4.25. The van der Waals surface area contributed by atoms with E-state index in [1.807, 2.05) is 0 Å². The van der Waals surface area contributed by atoms with Gasteiger partial charge in [-0.25, -0.2) is 0 Å². The van der Waals surface area contributed by atoms with E-state index < -0.39 is 0 Å². The lowest BCUT2D eigenvalue weighted by molar-refractivity contribution is 0.191. The number of aliphatic hydroxyl groups excluding tert-OH is 1. The lowest BCUT2D eigenvalue weighted by Crippen LogP contribution is -2.28. The van der Waals surface area contributed by atoms with Crippen molar-refractivity contribution in [3.8, 4) is 0 Å². The summed E-state index contributed by atoms with van der Waals surface area (Å²) in [5.41, 5.74) is 7.25.